The second-order valence-corrected chi connectivity index (χ2v) is 4.83. The molecule has 0 bridgehead atoms. The van der Waals surface area contributed by atoms with Crippen LogP contribution in [0, 0.1) is 6.92 Å². The van der Waals surface area contributed by atoms with E-state index in [0.717, 1.165) is 30.0 Å². The van der Waals surface area contributed by atoms with E-state index in [4.69, 9.17) is 0 Å². The number of thiazole rings is 1. The number of hydrogen-bond donors (Lipinski definition) is 1. The van der Waals surface area contributed by atoms with Crippen molar-refractivity contribution >= 4 is 11.3 Å². The van der Waals surface area contributed by atoms with Gasteiger partial charge in [-0.15, -0.1) is 11.3 Å². The average molecular weight is 213 g/mol. The molecule has 0 saturated heterocycles. The molecule has 0 aliphatic rings. The van der Waals surface area contributed by atoms with Crippen LogP contribution in [0.5, 0.6) is 0 Å². The Kier molecular flexibility index (Phi) is 4.08. The highest BCUT2D eigenvalue weighted by Crippen LogP contribution is 2.24. The first-order valence-electron chi connectivity index (χ1n) is 5.23. The molecule has 1 N–H and O–H groups in total. The summed E-state index contributed by atoms with van der Waals surface area (Å²) in [7, 11) is 0. The molecule has 0 spiro atoms. The molecule has 3 heteroatoms. The van der Waals surface area contributed by atoms with E-state index in [1.807, 2.05) is 19.2 Å². The van der Waals surface area contributed by atoms with Crippen molar-refractivity contribution < 1.29 is 5.11 Å². The van der Waals surface area contributed by atoms with Gasteiger partial charge in [-0.3, -0.25) is 0 Å². The third-order valence-corrected chi connectivity index (χ3v) is 3.49. The first kappa shape index (κ1) is 11.7. The number of rotatable bonds is 5. The summed E-state index contributed by atoms with van der Waals surface area (Å²) in [6.45, 7) is 6.13. The van der Waals surface area contributed by atoms with Gasteiger partial charge in [0.25, 0.3) is 0 Å². The van der Waals surface area contributed by atoms with Crippen LogP contribution in [-0.2, 0) is 6.42 Å². The van der Waals surface area contributed by atoms with Gasteiger partial charge >= 0.3 is 0 Å². The van der Waals surface area contributed by atoms with Gasteiger partial charge in [0.15, 0.2) is 0 Å². The van der Waals surface area contributed by atoms with E-state index < -0.39 is 5.60 Å². The molecule has 1 rings (SSSR count). The maximum atomic E-state index is 10.2. The molecule has 80 valence electrons. The largest absolute Gasteiger partial charge is 0.389 e. The first-order chi connectivity index (χ1) is 6.59. The third kappa shape index (κ3) is 3.07. The summed E-state index contributed by atoms with van der Waals surface area (Å²) in [5.74, 6) is 0. The van der Waals surface area contributed by atoms with Gasteiger partial charge in [-0.05, 0) is 19.8 Å². The van der Waals surface area contributed by atoms with E-state index in [1.54, 1.807) is 11.3 Å². The normalized spacial score (nSPS) is 15.4. The van der Waals surface area contributed by atoms with Crippen LogP contribution in [-0.4, -0.2) is 15.7 Å². The highest BCUT2D eigenvalue weighted by molar-refractivity contribution is 7.09. The molecule has 0 aliphatic heterocycles. The minimum absolute atomic E-state index is 0.543. The number of aryl methyl sites for hydroxylation is 1. The Bertz CT molecular complexity index is 285. The lowest BCUT2D eigenvalue weighted by atomic mass is 9.92. The first-order valence-corrected chi connectivity index (χ1v) is 6.11. The van der Waals surface area contributed by atoms with Crippen LogP contribution >= 0.6 is 11.3 Å². The van der Waals surface area contributed by atoms with Crippen LogP contribution < -0.4 is 0 Å². The van der Waals surface area contributed by atoms with Gasteiger partial charge in [-0.25, -0.2) is 4.98 Å². The minimum Gasteiger partial charge on any atom is -0.389 e. The molecular formula is C11H19NOS. The summed E-state index contributed by atoms with van der Waals surface area (Å²) in [6.07, 6.45) is 3.39. The fourth-order valence-electron chi connectivity index (χ4n) is 1.62. The lowest BCUT2D eigenvalue weighted by Gasteiger charge is -2.25. The fourth-order valence-corrected chi connectivity index (χ4v) is 2.53. The zero-order valence-electron chi connectivity index (χ0n) is 9.21. The quantitative estimate of drug-likeness (QED) is 0.815. The fraction of sp³-hybridized carbons (Fsp3) is 0.727. The van der Waals surface area contributed by atoms with Crippen LogP contribution in [0.2, 0.25) is 0 Å². The van der Waals surface area contributed by atoms with Gasteiger partial charge < -0.3 is 5.11 Å². The van der Waals surface area contributed by atoms with Gasteiger partial charge in [-0.2, -0.15) is 0 Å². The minimum atomic E-state index is -0.543. The van der Waals surface area contributed by atoms with Gasteiger partial charge in [0.05, 0.1) is 10.6 Å². The van der Waals surface area contributed by atoms with E-state index in [2.05, 4.69) is 11.9 Å². The second-order valence-electron chi connectivity index (χ2n) is 3.89. The summed E-state index contributed by atoms with van der Waals surface area (Å²) in [6, 6.07) is 0. The van der Waals surface area contributed by atoms with E-state index in [0.29, 0.717) is 6.42 Å². The van der Waals surface area contributed by atoms with E-state index in [1.165, 1.54) is 0 Å². The standard InChI is InChI=1S/C11H19NOS/c1-4-6-11(13,5-2)7-10-12-9(3)8-14-10/h8,13H,4-7H2,1-3H3. The van der Waals surface area contributed by atoms with Crippen LogP contribution in [0.15, 0.2) is 5.38 Å². The molecule has 0 saturated carbocycles. The van der Waals surface area contributed by atoms with Crippen molar-refractivity contribution in [3.63, 3.8) is 0 Å². The summed E-state index contributed by atoms with van der Waals surface area (Å²) in [4.78, 5) is 4.38. The van der Waals surface area contributed by atoms with Crippen molar-refractivity contribution in [1.29, 1.82) is 0 Å². The van der Waals surface area contributed by atoms with Crippen LogP contribution in [0.25, 0.3) is 0 Å². The number of hydrogen-bond acceptors (Lipinski definition) is 3. The van der Waals surface area contributed by atoms with Crippen molar-refractivity contribution in [1.82, 2.24) is 4.98 Å². The summed E-state index contributed by atoms with van der Waals surface area (Å²) >= 11 is 1.65. The molecule has 0 amide bonds. The average Bonchev–Trinajstić information content (AvgIpc) is 2.51. The second kappa shape index (κ2) is 4.89. The van der Waals surface area contributed by atoms with Gasteiger partial charge in [0, 0.05) is 17.5 Å². The molecule has 1 atom stereocenters. The molecule has 1 unspecified atom stereocenters. The molecule has 2 nitrogen and oxygen atoms in total. The number of nitrogens with zero attached hydrogens (tertiary/aromatic N) is 1. The lowest BCUT2D eigenvalue weighted by Crippen LogP contribution is -2.30. The molecule has 0 aliphatic carbocycles. The lowest BCUT2D eigenvalue weighted by molar-refractivity contribution is 0.0270. The van der Waals surface area contributed by atoms with E-state index in [9.17, 15) is 5.11 Å². The Hall–Kier alpha value is -0.410. The molecule has 0 fully saturated rings. The van der Waals surface area contributed by atoms with Gasteiger partial charge in [0.2, 0.25) is 0 Å². The molecule has 1 heterocycles. The van der Waals surface area contributed by atoms with E-state index in [-0.39, 0.29) is 0 Å². The zero-order valence-corrected chi connectivity index (χ0v) is 10.0. The molecule has 1 aromatic heterocycles. The topological polar surface area (TPSA) is 33.1 Å². The van der Waals surface area contributed by atoms with Crippen molar-refractivity contribution in [2.45, 2.75) is 52.1 Å². The number of aliphatic hydroxyl groups is 1. The monoisotopic (exact) mass is 213 g/mol. The molecule has 0 radical (unpaired) electrons. The molecule has 0 aromatic carbocycles. The van der Waals surface area contributed by atoms with Crippen LogP contribution in [0.4, 0.5) is 0 Å². The van der Waals surface area contributed by atoms with Crippen LogP contribution in [0.3, 0.4) is 0 Å². The molecular weight excluding hydrogens is 194 g/mol. The SMILES string of the molecule is CCCC(O)(CC)Cc1nc(C)cs1. The summed E-state index contributed by atoms with van der Waals surface area (Å²) in [5, 5.41) is 13.3. The van der Waals surface area contributed by atoms with Crippen LogP contribution in [0.1, 0.15) is 43.8 Å². The Balaban J connectivity index is 2.64. The predicted molar refractivity (Wildman–Crippen MR) is 60.7 cm³/mol. The van der Waals surface area contributed by atoms with Gasteiger partial charge in [-0.1, -0.05) is 20.3 Å². The maximum absolute atomic E-state index is 10.2. The predicted octanol–water partition coefficient (Wildman–Crippen LogP) is 2.94. The summed E-state index contributed by atoms with van der Waals surface area (Å²) < 4.78 is 0. The van der Waals surface area contributed by atoms with Crippen molar-refractivity contribution in [3.05, 3.63) is 16.1 Å². The van der Waals surface area contributed by atoms with Gasteiger partial charge in [0.1, 0.15) is 0 Å². The highest BCUT2D eigenvalue weighted by atomic mass is 32.1. The van der Waals surface area contributed by atoms with E-state index >= 15 is 0 Å². The Morgan fingerprint density at radius 1 is 1.50 bits per heavy atom. The Morgan fingerprint density at radius 2 is 2.21 bits per heavy atom. The Labute approximate surface area is 90.0 Å². The Morgan fingerprint density at radius 3 is 2.64 bits per heavy atom. The smallest absolute Gasteiger partial charge is 0.0956 e. The van der Waals surface area contributed by atoms with Crippen molar-refractivity contribution in [2.24, 2.45) is 0 Å². The molecule has 14 heavy (non-hydrogen) atoms. The highest BCUT2D eigenvalue weighted by Gasteiger charge is 2.25. The summed E-state index contributed by atoms with van der Waals surface area (Å²) in [5.41, 5.74) is 0.513. The number of aromatic nitrogens is 1. The molecule has 1 aromatic rings. The van der Waals surface area contributed by atoms with Crippen molar-refractivity contribution in [2.75, 3.05) is 0 Å². The maximum Gasteiger partial charge on any atom is 0.0956 e. The third-order valence-electron chi connectivity index (χ3n) is 2.52. The zero-order chi connectivity index (χ0) is 10.6. The van der Waals surface area contributed by atoms with Crippen molar-refractivity contribution in [3.8, 4) is 0 Å².